The molecule has 7 heteroatoms. The van der Waals surface area contributed by atoms with E-state index in [0.29, 0.717) is 23.6 Å². The molecular formula is C20H23ClN2O4. The van der Waals surface area contributed by atoms with Gasteiger partial charge in [-0.2, -0.15) is 0 Å². The zero-order valence-corrected chi connectivity index (χ0v) is 16.3. The van der Waals surface area contributed by atoms with E-state index >= 15 is 0 Å². The maximum absolute atomic E-state index is 13.0. The van der Waals surface area contributed by atoms with Crippen molar-refractivity contribution in [2.24, 2.45) is 17.3 Å². The number of nitrogens with zero attached hydrogens (tertiary/aromatic N) is 2. The minimum absolute atomic E-state index is 0.00587. The molecule has 4 aliphatic rings. The Labute approximate surface area is 162 Å². The normalized spacial score (nSPS) is 34.2. The molecule has 27 heavy (non-hydrogen) atoms. The van der Waals surface area contributed by atoms with Gasteiger partial charge >= 0.3 is 5.97 Å². The van der Waals surface area contributed by atoms with Crippen molar-refractivity contribution < 1.29 is 18.4 Å². The Balaban J connectivity index is 1.28. The summed E-state index contributed by atoms with van der Waals surface area (Å²) in [6.07, 6.45) is 5.82. The SMILES string of the molecule is Cc1cc(-c2nnc(COC(=O)C34C[C@@H]5C[C@@H](CC(Cl)(C5)C3)C4)o2)c(C)o1. The number of hydrogen-bond acceptors (Lipinski definition) is 6. The van der Waals surface area contributed by atoms with Crippen molar-refractivity contribution in [3.05, 3.63) is 23.5 Å². The van der Waals surface area contributed by atoms with Crippen LogP contribution in [0.5, 0.6) is 0 Å². The number of alkyl halides is 1. The van der Waals surface area contributed by atoms with Crippen LogP contribution in [0.25, 0.3) is 11.5 Å². The molecule has 6 rings (SSSR count). The number of carbonyl (C=O) groups is 1. The summed E-state index contributed by atoms with van der Waals surface area (Å²) in [5.41, 5.74) is 0.343. The van der Waals surface area contributed by atoms with Crippen molar-refractivity contribution in [2.45, 2.75) is 63.9 Å². The van der Waals surface area contributed by atoms with Gasteiger partial charge in [-0.05, 0) is 70.3 Å². The Morgan fingerprint density at radius 2 is 1.96 bits per heavy atom. The van der Waals surface area contributed by atoms with Crippen molar-refractivity contribution in [2.75, 3.05) is 0 Å². The average Bonchev–Trinajstić information content (AvgIpc) is 3.16. The molecule has 2 heterocycles. The smallest absolute Gasteiger partial charge is 0.312 e. The van der Waals surface area contributed by atoms with Crippen LogP contribution in [0.15, 0.2) is 14.9 Å². The summed E-state index contributed by atoms with van der Waals surface area (Å²) < 4.78 is 16.8. The number of aromatic nitrogens is 2. The Morgan fingerprint density at radius 3 is 2.59 bits per heavy atom. The Bertz CT molecular complexity index is 888. The summed E-state index contributed by atoms with van der Waals surface area (Å²) >= 11 is 6.81. The number of ether oxygens (including phenoxy) is 1. The van der Waals surface area contributed by atoms with Crippen LogP contribution in [0.2, 0.25) is 0 Å². The molecule has 4 bridgehead atoms. The first-order valence-corrected chi connectivity index (χ1v) is 9.98. The first-order valence-electron chi connectivity index (χ1n) is 9.60. The van der Waals surface area contributed by atoms with Gasteiger partial charge in [0.05, 0.1) is 11.0 Å². The molecule has 0 aromatic carbocycles. The van der Waals surface area contributed by atoms with Crippen LogP contribution in [-0.4, -0.2) is 21.0 Å². The Hall–Kier alpha value is -1.82. The summed E-state index contributed by atoms with van der Waals surface area (Å²) in [4.78, 5) is 12.7. The highest BCUT2D eigenvalue weighted by molar-refractivity contribution is 6.24. The van der Waals surface area contributed by atoms with E-state index in [4.69, 9.17) is 25.2 Å². The van der Waals surface area contributed by atoms with Gasteiger partial charge in [0, 0.05) is 4.87 Å². The summed E-state index contributed by atoms with van der Waals surface area (Å²) in [6.45, 7) is 3.71. The van der Waals surface area contributed by atoms with E-state index < -0.39 is 5.41 Å². The van der Waals surface area contributed by atoms with E-state index in [1.54, 1.807) is 0 Å². The van der Waals surface area contributed by atoms with Gasteiger partial charge in [0.2, 0.25) is 0 Å². The third kappa shape index (κ3) is 2.89. The molecule has 0 radical (unpaired) electrons. The van der Waals surface area contributed by atoms with Gasteiger partial charge < -0.3 is 13.6 Å². The topological polar surface area (TPSA) is 78.4 Å². The van der Waals surface area contributed by atoms with E-state index in [9.17, 15) is 4.79 Å². The van der Waals surface area contributed by atoms with E-state index in [1.165, 1.54) is 6.42 Å². The number of halogens is 1. The summed E-state index contributed by atoms with van der Waals surface area (Å²) in [7, 11) is 0. The highest BCUT2D eigenvalue weighted by Gasteiger charge is 2.60. The van der Waals surface area contributed by atoms with Crippen molar-refractivity contribution in [1.29, 1.82) is 0 Å². The molecule has 0 spiro atoms. The molecule has 0 aliphatic heterocycles. The van der Waals surface area contributed by atoms with Crippen molar-refractivity contribution in [1.82, 2.24) is 10.2 Å². The fourth-order valence-electron chi connectivity index (χ4n) is 5.93. The second-order valence-corrected chi connectivity index (χ2v) is 9.60. The van der Waals surface area contributed by atoms with Crippen LogP contribution < -0.4 is 0 Å². The predicted octanol–water partition coefficient (Wildman–Crippen LogP) is 4.57. The molecule has 6 nitrogen and oxygen atoms in total. The standard InChI is InChI=1S/C20H23ClN2O4/c1-11-3-15(12(2)26-11)17-23-22-16(27-17)9-25-18(24)19-5-13-4-14(6-19)8-20(21,7-13)10-19/h3,13-14H,4-10H2,1-2H3/t13-,14+,19?,20?. The van der Waals surface area contributed by atoms with Crippen molar-refractivity contribution in [3.63, 3.8) is 0 Å². The van der Waals surface area contributed by atoms with Gasteiger partial charge in [-0.3, -0.25) is 4.79 Å². The van der Waals surface area contributed by atoms with E-state index in [2.05, 4.69) is 10.2 Å². The summed E-state index contributed by atoms with van der Waals surface area (Å²) in [5, 5.41) is 8.07. The highest BCUT2D eigenvalue weighted by Crippen LogP contribution is 2.64. The first-order chi connectivity index (χ1) is 12.8. The molecular weight excluding hydrogens is 368 g/mol. The van der Waals surface area contributed by atoms with Gasteiger partial charge in [-0.15, -0.1) is 21.8 Å². The molecule has 0 N–H and O–H groups in total. The number of rotatable bonds is 4. The minimum Gasteiger partial charge on any atom is -0.466 e. The third-order valence-corrected chi connectivity index (χ3v) is 6.93. The lowest BCUT2D eigenvalue weighted by molar-refractivity contribution is -0.172. The van der Waals surface area contributed by atoms with Crippen molar-refractivity contribution in [3.8, 4) is 11.5 Å². The number of aryl methyl sites for hydroxylation is 2. The molecule has 144 valence electrons. The van der Waals surface area contributed by atoms with Crippen LogP contribution in [0.1, 0.15) is 55.9 Å². The van der Waals surface area contributed by atoms with E-state index in [0.717, 1.165) is 49.2 Å². The Kier molecular flexibility index (Phi) is 3.74. The molecule has 2 aromatic rings. The quantitative estimate of drug-likeness (QED) is 0.562. The highest BCUT2D eigenvalue weighted by atomic mass is 35.5. The minimum atomic E-state index is -0.424. The number of furan rings is 1. The summed E-state index contributed by atoms with van der Waals surface area (Å²) in [5.74, 6) is 3.13. The Morgan fingerprint density at radius 1 is 1.22 bits per heavy atom. The maximum atomic E-state index is 13.0. The molecule has 4 aliphatic carbocycles. The fourth-order valence-corrected chi connectivity index (χ4v) is 6.63. The van der Waals surface area contributed by atoms with Crippen LogP contribution in [0, 0.1) is 31.1 Å². The first kappa shape index (κ1) is 17.3. The van der Waals surface area contributed by atoms with Crippen LogP contribution in [-0.2, 0) is 16.1 Å². The van der Waals surface area contributed by atoms with Crippen LogP contribution in [0.4, 0.5) is 0 Å². The molecule has 4 fully saturated rings. The summed E-state index contributed by atoms with van der Waals surface area (Å²) in [6, 6.07) is 1.86. The number of hydrogen-bond donors (Lipinski definition) is 0. The zero-order valence-electron chi connectivity index (χ0n) is 15.6. The van der Waals surface area contributed by atoms with E-state index in [1.807, 2.05) is 19.9 Å². The lowest BCUT2D eigenvalue weighted by Crippen LogP contribution is -2.56. The van der Waals surface area contributed by atoms with Gasteiger partial charge in [-0.25, -0.2) is 0 Å². The second-order valence-electron chi connectivity index (χ2n) is 8.80. The van der Waals surface area contributed by atoms with Gasteiger partial charge in [0.1, 0.15) is 11.5 Å². The molecule has 4 saturated carbocycles. The maximum Gasteiger partial charge on any atom is 0.312 e. The molecule has 0 saturated heterocycles. The molecule has 2 aromatic heterocycles. The van der Waals surface area contributed by atoms with Gasteiger partial charge in [0.15, 0.2) is 6.61 Å². The third-order valence-electron chi connectivity index (χ3n) is 6.49. The average molecular weight is 391 g/mol. The number of carbonyl (C=O) groups excluding carboxylic acids is 1. The predicted molar refractivity (Wildman–Crippen MR) is 97.0 cm³/mol. The second kappa shape index (κ2) is 5.84. The largest absolute Gasteiger partial charge is 0.466 e. The van der Waals surface area contributed by atoms with Gasteiger partial charge in [0.25, 0.3) is 11.8 Å². The van der Waals surface area contributed by atoms with E-state index in [-0.39, 0.29) is 17.5 Å². The lowest BCUT2D eigenvalue weighted by atomic mass is 9.49. The monoisotopic (exact) mass is 390 g/mol. The lowest BCUT2D eigenvalue weighted by Gasteiger charge is -2.58. The zero-order chi connectivity index (χ0) is 18.8. The van der Waals surface area contributed by atoms with Crippen LogP contribution in [0.3, 0.4) is 0 Å². The number of esters is 1. The van der Waals surface area contributed by atoms with Crippen LogP contribution >= 0.6 is 11.6 Å². The van der Waals surface area contributed by atoms with Gasteiger partial charge in [-0.1, -0.05) is 0 Å². The fraction of sp³-hybridized carbons (Fsp3) is 0.650. The molecule has 0 amide bonds. The molecule has 2 unspecified atom stereocenters. The molecule has 4 atom stereocenters. The van der Waals surface area contributed by atoms with Crippen molar-refractivity contribution >= 4 is 17.6 Å².